The van der Waals surface area contributed by atoms with Crippen LogP contribution in [0.25, 0.3) is 0 Å². The topological polar surface area (TPSA) is 101 Å². The minimum absolute atomic E-state index is 0.0579. The van der Waals surface area contributed by atoms with Crippen molar-refractivity contribution in [3.8, 4) is 0 Å². The quantitative estimate of drug-likeness (QED) is 0.372. The number of rotatable bonds is 5. The Labute approximate surface area is 123 Å². The van der Waals surface area contributed by atoms with Crippen molar-refractivity contribution in [2.45, 2.75) is 20.4 Å². The molecule has 0 spiro atoms. The molecule has 2 rings (SSSR count). The molecule has 2 heterocycles. The van der Waals surface area contributed by atoms with Crippen molar-refractivity contribution in [2.24, 2.45) is 10.9 Å². The van der Waals surface area contributed by atoms with Crippen LogP contribution in [-0.4, -0.2) is 32.5 Å². The van der Waals surface area contributed by atoms with Crippen LogP contribution in [0.15, 0.2) is 35.7 Å². The van der Waals surface area contributed by atoms with Gasteiger partial charge in [0.1, 0.15) is 11.5 Å². The first-order valence-corrected chi connectivity index (χ1v) is 6.61. The number of nitrogens with two attached hydrogens (primary N) is 1. The summed E-state index contributed by atoms with van der Waals surface area (Å²) in [6, 6.07) is 5.93. The van der Waals surface area contributed by atoms with E-state index in [0.717, 1.165) is 23.8 Å². The molecule has 7 nitrogen and oxygen atoms in total. The number of hydrogen-bond acceptors (Lipinski definition) is 6. The molecular weight excluding hydrogens is 268 g/mol. The van der Waals surface area contributed by atoms with Crippen molar-refractivity contribution in [3.05, 3.63) is 47.7 Å². The molecule has 0 aromatic carbocycles. The van der Waals surface area contributed by atoms with Gasteiger partial charge in [-0.1, -0.05) is 11.2 Å². The van der Waals surface area contributed by atoms with Gasteiger partial charge in [-0.15, -0.1) is 0 Å². The first-order valence-electron chi connectivity index (χ1n) is 6.61. The summed E-state index contributed by atoms with van der Waals surface area (Å²) in [5, 5.41) is 11.5. The first kappa shape index (κ1) is 14.7. The first-order chi connectivity index (χ1) is 10.1. The molecule has 110 valence electrons. The molecule has 3 N–H and O–H groups in total. The average molecular weight is 286 g/mol. The standard InChI is InChI=1S/C14H18N6O/c1-3-20(9-11-6-4-5-10(2)18-11)13-8-16-12(7-17-13)14(15)19-21/h4-8,21H,3,9H2,1-2H3,(H2,15,19). The van der Waals surface area contributed by atoms with E-state index in [0.29, 0.717) is 12.2 Å². The van der Waals surface area contributed by atoms with Gasteiger partial charge in [0.25, 0.3) is 0 Å². The fraction of sp³-hybridized carbons (Fsp3) is 0.286. The fourth-order valence-electron chi connectivity index (χ4n) is 1.91. The Kier molecular flexibility index (Phi) is 4.65. The zero-order valence-electron chi connectivity index (χ0n) is 12.1. The van der Waals surface area contributed by atoms with Gasteiger partial charge in [0, 0.05) is 12.2 Å². The van der Waals surface area contributed by atoms with Gasteiger partial charge in [0.15, 0.2) is 5.84 Å². The summed E-state index contributed by atoms with van der Waals surface area (Å²) < 4.78 is 0. The number of anilines is 1. The molecule has 0 atom stereocenters. The van der Waals surface area contributed by atoms with E-state index >= 15 is 0 Å². The van der Waals surface area contributed by atoms with Gasteiger partial charge >= 0.3 is 0 Å². The maximum absolute atomic E-state index is 8.61. The largest absolute Gasteiger partial charge is 0.409 e. The summed E-state index contributed by atoms with van der Waals surface area (Å²) in [6.45, 7) is 5.42. The highest BCUT2D eigenvalue weighted by molar-refractivity contribution is 5.94. The predicted octanol–water partition coefficient (Wildman–Crippen LogP) is 1.30. The molecule has 0 aliphatic heterocycles. The van der Waals surface area contributed by atoms with E-state index in [1.807, 2.05) is 36.9 Å². The molecule has 0 unspecified atom stereocenters. The van der Waals surface area contributed by atoms with Crippen LogP contribution in [0.4, 0.5) is 5.82 Å². The highest BCUT2D eigenvalue weighted by atomic mass is 16.4. The van der Waals surface area contributed by atoms with Crippen molar-refractivity contribution in [3.63, 3.8) is 0 Å². The third-order valence-electron chi connectivity index (χ3n) is 3.01. The van der Waals surface area contributed by atoms with Crippen LogP contribution in [0.2, 0.25) is 0 Å². The maximum Gasteiger partial charge on any atom is 0.190 e. The Hall–Kier alpha value is -2.70. The monoisotopic (exact) mass is 286 g/mol. The van der Waals surface area contributed by atoms with Crippen molar-refractivity contribution >= 4 is 11.7 Å². The third kappa shape index (κ3) is 3.65. The number of nitrogens with zero attached hydrogens (tertiary/aromatic N) is 5. The molecule has 2 aromatic rings. The molecule has 21 heavy (non-hydrogen) atoms. The van der Waals surface area contributed by atoms with E-state index in [9.17, 15) is 0 Å². The second-order valence-electron chi connectivity index (χ2n) is 4.53. The van der Waals surface area contributed by atoms with E-state index in [4.69, 9.17) is 10.9 Å². The minimum Gasteiger partial charge on any atom is -0.409 e. The lowest BCUT2D eigenvalue weighted by atomic mass is 10.3. The Balaban J connectivity index is 2.17. The van der Waals surface area contributed by atoms with Gasteiger partial charge in [-0.25, -0.2) is 9.97 Å². The Morgan fingerprint density at radius 1 is 1.33 bits per heavy atom. The molecule has 0 aliphatic carbocycles. The zero-order chi connectivity index (χ0) is 15.2. The Bertz CT molecular complexity index is 626. The van der Waals surface area contributed by atoms with Crippen molar-refractivity contribution in [1.82, 2.24) is 15.0 Å². The van der Waals surface area contributed by atoms with Crippen LogP contribution < -0.4 is 10.6 Å². The maximum atomic E-state index is 8.61. The molecule has 0 aliphatic rings. The van der Waals surface area contributed by atoms with Gasteiger partial charge in [-0.05, 0) is 26.0 Å². The van der Waals surface area contributed by atoms with Gasteiger partial charge in [-0.2, -0.15) is 0 Å². The Morgan fingerprint density at radius 2 is 2.14 bits per heavy atom. The summed E-state index contributed by atoms with van der Waals surface area (Å²) in [6.07, 6.45) is 3.09. The predicted molar refractivity (Wildman–Crippen MR) is 80.2 cm³/mol. The number of aromatic nitrogens is 3. The number of hydrogen-bond donors (Lipinski definition) is 2. The average Bonchev–Trinajstić information content (AvgIpc) is 2.52. The second kappa shape index (κ2) is 6.65. The second-order valence-corrected chi connectivity index (χ2v) is 4.53. The van der Waals surface area contributed by atoms with Gasteiger partial charge in [0.05, 0.1) is 24.6 Å². The van der Waals surface area contributed by atoms with Crippen molar-refractivity contribution < 1.29 is 5.21 Å². The number of pyridine rings is 1. The summed E-state index contributed by atoms with van der Waals surface area (Å²) in [5.41, 5.74) is 7.76. The van der Waals surface area contributed by atoms with Crippen LogP contribution in [0, 0.1) is 6.92 Å². The molecular formula is C14H18N6O. The van der Waals surface area contributed by atoms with E-state index in [-0.39, 0.29) is 5.84 Å². The SMILES string of the molecule is CCN(Cc1cccc(C)n1)c1cnc(/C(N)=N/O)cn1. The molecule has 2 aromatic heterocycles. The fourth-order valence-corrected chi connectivity index (χ4v) is 1.91. The summed E-state index contributed by atoms with van der Waals surface area (Å²) >= 11 is 0. The highest BCUT2D eigenvalue weighted by Crippen LogP contribution is 2.12. The van der Waals surface area contributed by atoms with Crippen LogP contribution in [0.3, 0.4) is 0 Å². The lowest BCUT2D eigenvalue weighted by Crippen LogP contribution is -2.24. The smallest absolute Gasteiger partial charge is 0.190 e. The zero-order valence-corrected chi connectivity index (χ0v) is 12.1. The molecule has 7 heteroatoms. The normalized spacial score (nSPS) is 11.4. The number of oxime groups is 1. The van der Waals surface area contributed by atoms with Gasteiger partial charge < -0.3 is 15.8 Å². The highest BCUT2D eigenvalue weighted by Gasteiger charge is 2.09. The molecule has 0 saturated heterocycles. The van der Waals surface area contributed by atoms with Crippen molar-refractivity contribution in [1.29, 1.82) is 0 Å². The molecule has 0 fully saturated rings. The third-order valence-corrected chi connectivity index (χ3v) is 3.01. The van der Waals surface area contributed by atoms with E-state index in [1.54, 1.807) is 6.20 Å². The van der Waals surface area contributed by atoms with Crippen LogP contribution >= 0.6 is 0 Å². The number of aryl methyl sites for hydroxylation is 1. The van der Waals surface area contributed by atoms with E-state index in [2.05, 4.69) is 20.1 Å². The van der Waals surface area contributed by atoms with Crippen molar-refractivity contribution in [2.75, 3.05) is 11.4 Å². The minimum atomic E-state index is -0.0579. The summed E-state index contributed by atoms with van der Waals surface area (Å²) in [4.78, 5) is 15.0. The van der Waals surface area contributed by atoms with Gasteiger partial charge in [-0.3, -0.25) is 4.98 Å². The molecule has 0 radical (unpaired) electrons. The van der Waals surface area contributed by atoms with E-state index < -0.39 is 0 Å². The molecule has 0 bridgehead atoms. The lowest BCUT2D eigenvalue weighted by molar-refractivity contribution is 0.318. The summed E-state index contributed by atoms with van der Waals surface area (Å²) in [7, 11) is 0. The lowest BCUT2D eigenvalue weighted by Gasteiger charge is -2.21. The number of amidine groups is 1. The molecule has 0 amide bonds. The van der Waals surface area contributed by atoms with E-state index in [1.165, 1.54) is 6.20 Å². The van der Waals surface area contributed by atoms with Crippen LogP contribution in [0.5, 0.6) is 0 Å². The molecule has 0 saturated carbocycles. The van der Waals surface area contributed by atoms with Crippen LogP contribution in [-0.2, 0) is 6.54 Å². The summed E-state index contributed by atoms with van der Waals surface area (Å²) in [5.74, 6) is 0.660. The Morgan fingerprint density at radius 3 is 2.71 bits per heavy atom. The van der Waals surface area contributed by atoms with Gasteiger partial charge in [0.2, 0.25) is 0 Å². The van der Waals surface area contributed by atoms with Crippen LogP contribution in [0.1, 0.15) is 24.0 Å².